The maximum Gasteiger partial charge on any atom is 0.121 e. The zero-order chi connectivity index (χ0) is 50.9. The summed E-state index contributed by atoms with van der Waals surface area (Å²) in [7, 11) is 0. The van der Waals surface area contributed by atoms with Crippen LogP contribution in [-0.2, 0) is 25.5 Å². The summed E-state index contributed by atoms with van der Waals surface area (Å²) in [5.41, 5.74) is 10.9. The van der Waals surface area contributed by atoms with Crippen LogP contribution in [0.5, 0.6) is 0 Å². The molecule has 0 saturated heterocycles. The number of benzene rings is 8. The predicted molar refractivity (Wildman–Crippen MR) is 276 cm³/mol. The van der Waals surface area contributed by atoms with Crippen molar-refractivity contribution >= 4 is 54.5 Å². The molecule has 0 unspecified atom stereocenters. The van der Waals surface area contributed by atoms with Gasteiger partial charge in [-0.25, -0.2) is 0 Å². The largest absolute Gasteiger partial charge is 0.501 e. The van der Waals surface area contributed by atoms with E-state index in [1.165, 1.54) is 16.8 Å². The maximum atomic E-state index is 8.65. The van der Waals surface area contributed by atoms with Crippen LogP contribution in [0.2, 0.25) is 0 Å². The van der Waals surface area contributed by atoms with Gasteiger partial charge in [0.15, 0.2) is 0 Å². The molecule has 3 aromatic heterocycles. The Morgan fingerprint density at radius 2 is 1.42 bits per heavy atom. The monoisotopic (exact) mass is 1060 g/mol. The van der Waals surface area contributed by atoms with E-state index in [9.17, 15) is 0 Å². The number of aromatic nitrogens is 4. The summed E-state index contributed by atoms with van der Waals surface area (Å²) in [5, 5.41) is 6.59. The van der Waals surface area contributed by atoms with E-state index < -0.39 is 13.7 Å². The van der Waals surface area contributed by atoms with Gasteiger partial charge in [0.25, 0.3) is 0 Å². The van der Waals surface area contributed by atoms with Gasteiger partial charge in [0, 0.05) is 56.7 Å². The Balaban J connectivity index is 0.000000264. The zero-order valence-electron chi connectivity index (χ0n) is 44.6. The molecule has 0 bridgehead atoms. The second kappa shape index (κ2) is 18.2. The second-order valence-corrected chi connectivity index (χ2v) is 18.7. The first-order valence-electron chi connectivity index (χ1n) is 25.6. The summed E-state index contributed by atoms with van der Waals surface area (Å²) >= 11 is 0. The normalized spacial score (nSPS) is 13.5. The third kappa shape index (κ3) is 8.50. The van der Waals surface area contributed by atoms with Crippen molar-refractivity contribution in [1.82, 2.24) is 19.5 Å². The number of rotatable bonds is 6. The molecule has 0 aliphatic heterocycles. The fourth-order valence-electron chi connectivity index (χ4n) is 9.01. The van der Waals surface area contributed by atoms with Gasteiger partial charge in [-0.2, -0.15) is 0 Å². The number of para-hydroxylation sites is 1. The number of hydrogen-bond donors (Lipinski definition) is 0. The van der Waals surface area contributed by atoms with Crippen molar-refractivity contribution in [3.8, 4) is 39.6 Å². The quantitative estimate of drug-likeness (QED) is 0.123. The van der Waals surface area contributed by atoms with E-state index >= 15 is 0 Å². The summed E-state index contributed by atoms with van der Waals surface area (Å²) < 4.78 is 56.9. The summed E-state index contributed by atoms with van der Waals surface area (Å²) in [4.78, 5) is 14.0. The Kier molecular flexibility index (Phi) is 10.4. The van der Waals surface area contributed by atoms with Crippen molar-refractivity contribution in [3.05, 3.63) is 192 Å². The van der Waals surface area contributed by atoms with Gasteiger partial charge in [-0.15, -0.1) is 53.6 Å². The molecule has 0 amide bonds. The summed E-state index contributed by atoms with van der Waals surface area (Å²) in [6.45, 7) is 10.6. The molecule has 0 aliphatic rings. The van der Waals surface area contributed by atoms with Crippen molar-refractivity contribution in [2.75, 3.05) is 0 Å². The van der Waals surface area contributed by atoms with E-state index in [1.807, 2.05) is 30.3 Å². The van der Waals surface area contributed by atoms with Gasteiger partial charge in [-0.05, 0) is 104 Å². The minimum absolute atomic E-state index is 0. The van der Waals surface area contributed by atoms with Crippen molar-refractivity contribution in [3.63, 3.8) is 0 Å². The first-order chi connectivity index (χ1) is 34.3. The Morgan fingerprint density at radius 1 is 0.657 bits per heavy atom. The Bertz CT molecular complexity index is 3800. The summed E-state index contributed by atoms with van der Waals surface area (Å²) in [6, 6.07) is 54.5. The fourth-order valence-corrected chi connectivity index (χ4v) is 9.01. The van der Waals surface area contributed by atoms with Crippen molar-refractivity contribution in [1.29, 1.82) is 0 Å². The second-order valence-electron chi connectivity index (χ2n) is 18.7. The summed E-state index contributed by atoms with van der Waals surface area (Å²) in [6.07, 6.45) is 1.72. The molecule has 335 valence electrons. The number of aryl methyl sites for hydroxylation is 2. The maximum absolute atomic E-state index is 8.65. The van der Waals surface area contributed by atoms with E-state index in [0.29, 0.717) is 39.4 Å². The smallest absolute Gasteiger partial charge is 0.121 e. The number of imidazole rings is 1. The molecule has 67 heavy (non-hydrogen) atoms. The van der Waals surface area contributed by atoms with E-state index in [-0.39, 0.29) is 48.5 Å². The molecular formula is C61H54IrN4O-2. The van der Waals surface area contributed by atoms with Gasteiger partial charge in [-0.3, -0.25) is 15.0 Å². The minimum atomic E-state index is -2.37. The third-order valence-corrected chi connectivity index (χ3v) is 12.4. The number of nitrogens with zero attached hydrogens (tertiary/aromatic N) is 4. The molecule has 0 fully saturated rings. The SMILES string of the molecule is [2H]C([2H])([2H])c1c[c-]c(-c2nccc(C(C)(C)C)n2)cc1.[2H]C([2H])([2H])c1cccc2nc(-c3[c-]ccc4c3oc3cc5c(ccc6ccccc65)cc34)n(-c3c(C(C)C)cc(-c4ccccc4)cc3C(C)C)c12.[Ir]. The van der Waals surface area contributed by atoms with Crippen molar-refractivity contribution in [2.24, 2.45) is 0 Å². The number of furan rings is 1. The molecule has 1 radical (unpaired) electrons. The molecule has 11 rings (SSSR count). The molecule has 11 aromatic rings. The fraction of sp³-hybridized carbons (Fsp3) is 0.197. The third-order valence-electron chi connectivity index (χ3n) is 12.4. The van der Waals surface area contributed by atoms with E-state index in [1.54, 1.807) is 30.5 Å². The van der Waals surface area contributed by atoms with E-state index in [4.69, 9.17) is 17.6 Å². The van der Waals surface area contributed by atoms with Gasteiger partial charge >= 0.3 is 0 Å². The van der Waals surface area contributed by atoms with Crippen LogP contribution in [-0.4, -0.2) is 19.5 Å². The van der Waals surface area contributed by atoms with Crippen LogP contribution in [0.25, 0.3) is 94.1 Å². The molecule has 8 aromatic carbocycles. The Morgan fingerprint density at radius 3 is 2.13 bits per heavy atom. The summed E-state index contributed by atoms with van der Waals surface area (Å²) in [5.74, 6) is 1.40. The molecule has 0 aliphatic carbocycles. The topological polar surface area (TPSA) is 56.7 Å². The van der Waals surface area contributed by atoms with Crippen LogP contribution in [0.3, 0.4) is 0 Å². The van der Waals surface area contributed by atoms with Crippen molar-refractivity contribution in [2.45, 2.75) is 79.4 Å². The minimum Gasteiger partial charge on any atom is -0.501 e. The Labute approximate surface area is 415 Å². The molecule has 0 spiro atoms. The molecule has 0 N–H and O–H groups in total. The van der Waals surface area contributed by atoms with Gasteiger partial charge in [0.05, 0.1) is 28.3 Å². The molecular weight excluding hydrogens is 997 g/mol. The molecule has 0 atom stereocenters. The van der Waals surface area contributed by atoms with Crippen LogP contribution in [0.15, 0.2) is 156 Å². The average molecular weight is 1060 g/mol. The molecule has 3 heterocycles. The molecule has 6 heteroatoms. The average Bonchev–Trinajstić information content (AvgIpc) is 3.93. The number of hydrogen-bond acceptors (Lipinski definition) is 4. The van der Waals surface area contributed by atoms with Crippen LogP contribution >= 0.6 is 0 Å². The van der Waals surface area contributed by atoms with Gasteiger partial charge in [0.1, 0.15) is 5.58 Å². The first kappa shape index (κ1) is 38.4. The predicted octanol–water partition coefficient (Wildman–Crippen LogP) is 16.5. The van der Waals surface area contributed by atoms with Crippen molar-refractivity contribution < 1.29 is 32.7 Å². The van der Waals surface area contributed by atoms with Crippen LogP contribution in [0.4, 0.5) is 0 Å². The van der Waals surface area contributed by atoms with Crippen LogP contribution in [0, 0.1) is 25.8 Å². The standard InChI is InChI=1S/C46H37N2O.C15H17N2.Ir/c1-27(2)37-24-33(30-14-7-6-8-15-30)25-38(28(3)4)44(37)48-43-29(5)13-11-20-41(43)47-46(48)36-19-12-18-35-40-23-32-22-21-31-16-9-10-17-34(31)39(32)26-42(40)49-45(35)36;1-11-5-7-12(8-6-11)14-16-10-9-13(17-14)15(2,3)4;/h6-18,20-28H,1-5H3;5-7,9-10H,1-4H3;/q2*-1;/i5D3;1D3;. The van der Waals surface area contributed by atoms with Crippen LogP contribution < -0.4 is 0 Å². The van der Waals surface area contributed by atoms with Crippen LogP contribution in [0.1, 0.15) is 96.5 Å². The number of fused-ring (bicyclic) bond motifs is 7. The molecule has 5 nitrogen and oxygen atoms in total. The van der Waals surface area contributed by atoms with Gasteiger partial charge in [0.2, 0.25) is 0 Å². The van der Waals surface area contributed by atoms with Gasteiger partial charge < -0.3 is 8.98 Å². The zero-order valence-corrected chi connectivity index (χ0v) is 41.0. The van der Waals surface area contributed by atoms with E-state index in [2.05, 4.69) is 160 Å². The van der Waals surface area contributed by atoms with Gasteiger partial charge in [-0.1, -0.05) is 145 Å². The van der Waals surface area contributed by atoms with E-state index in [0.717, 1.165) is 60.8 Å². The molecule has 0 saturated carbocycles. The first-order valence-corrected chi connectivity index (χ1v) is 22.6. The Hall–Kier alpha value is -6.72.